The van der Waals surface area contributed by atoms with Gasteiger partial charge in [0.2, 0.25) is 0 Å². The molecule has 1 unspecified atom stereocenters. The Labute approximate surface area is 133 Å². The fraction of sp³-hybridized carbons (Fsp3) is 0.375. The van der Waals surface area contributed by atoms with Crippen LogP contribution in [0.3, 0.4) is 0 Å². The van der Waals surface area contributed by atoms with E-state index < -0.39 is 0 Å². The maximum atomic E-state index is 12.2. The molecule has 0 radical (unpaired) electrons. The van der Waals surface area contributed by atoms with E-state index in [1.165, 1.54) is 11.3 Å². The van der Waals surface area contributed by atoms with Gasteiger partial charge < -0.3 is 15.4 Å². The second-order valence-electron chi connectivity index (χ2n) is 6.02. The number of para-hydroxylation sites is 1. The summed E-state index contributed by atoms with van der Waals surface area (Å²) in [5.74, 6) is 0.768. The number of nitrogens with zero attached hydrogens (tertiary/aromatic N) is 1. The third-order valence-electron chi connectivity index (χ3n) is 3.51. The molecule has 0 saturated heterocycles. The molecule has 22 heavy (non-hydrogen) atoms. The van der Waals surface area contributed by atoms with Crippen molar-refractivity contribution < 1.29 is 9.53 Å². The predicted octanol–water partition coefficient (Wildman–Crippen LogP) is 3.74. The molecule has 6 heteroatoms. The van der Waals surface area contributed by atoms with Crippen LogP contribution in [0.1, 0.15) is 37.4 Å². The smallest absolute Gasteiger partial charge is 0.319 e. The molecular weight excluding hydrogens is 298 g/mol. The number of nitrogens with one attached hydrogen (secondary N) is 2. The van der Waals surface area contributed by atoms with E-state index >= 15 is 0 Å². The van der Waals surface area contributed by atoms with Crippen molar-refractivity contribution in [3.63, 3.8) is 0 Å². The van der Waals surface area contributed by atoms with Crippen molar-refractivity contribution in [1.29, 1.82) is 0 Å². The van der Waals surface area contributed by atoms with Crippen LogP contribution in [0.15, 0.2) is 29.8 Å². The fourth-order valence-electron chi connectivity index (χ4n) is 2.58. The molecule has 1 aliphatic heterocycles. The first-order valence-corrected chi connectivity index (χ1v) is 8.10. The van der Waals surface area contributed by atoms with Gasteiger partial charge in [-0.1, -0.05) is 12.1 Å². The number of anilines is 1. The zero-order chi connectivity index (χ0) is 15.7. The lowest BCUT2D eigenvalue weighted by molar-refractivity contribution is 0.139. The highest BCUT2D eigenvalue weighted by atomic mass is 32.1. The minimum Gasteiger partial charge on any atom is -0.485 e. The Balaban J connectivity index is 1.70. The standard InChI is InChI=1S/C16H19N3O2S/c1-10(14-17-7-8-22-14)18-15(20)19-12-6-4-5-11-9-16(2,3)21-13(11)12/h4-8,10H,9H2,1-3H3,(H2,18,19,20). The van der Waals surface area contributed by atoms with Crippen LogP contribution in [0.2, 0.25) is 0 Å². The van der Waals surface area contributed by atoms with E-state index in [1.807, 2.05) is 44.4 Å². The zero-order valence-electron chi connectivity index (χ0n) is 12.8. The molecule has 0 bridgehead atoms. The molecule has 1 aromatic carbocycles. The number of aromatic nitrogens is 1. The van der Waals surface area contributed by atoms with Gasteiger partial charge in [-0.2, -0.15) is 0 Å². The van der Waals surface area contributed by atoms with E-state index in [-0.39, 0.29) is 17.7 Å². The van der Waals surface area contributed by atoms with Crippen molar-refractivity contribution in [2.24, 2.45) is 0 Å². The average molecular weight is 317 g/mol. The number of amides is 2. The highest BCUT2D eigenvalue weighted by molar-refractivity contribution is 7.09. The lowest BCUT2D eigenvalue weighted by atomic mass is 10.0. The summed E-state index contributed by atoms with van der Waals surface area (Å²) in [5, 5.41) is 8.53. The Hall–Kier alpha value is -2.08. The summed E-state index contributed by atoms with van der Waals surface area (Å²) in [6.45, 7) is 6.00. The van der Waals surface area contributed by atoms with Crippen molar-refractivity contribution in [2.75, 3.05) is 5.32 Å². The highest BCUT2D eigenvalue weighted by Crippen LogP contribution is 2.40. The topological polar surface area (TPSA) is 63.2 Å². The number of urea groups is 1. The van der Waals surface area contributed by atoms with Gasteiger partial charge in [-0.15, -0.1) is 11.3 Å². The molecule has 116 valence electrons. The van der Waals surface area contributed by atoms with Crippen molar-refractivity contribution in [3.8, 4) is 5.75 Å². The van der Waals surface area contributed by atoms with Gasteiger partial charge in [-0.25, -0.2) is 9.78 Å². The lowest BCUT2D eigenvalue weighted by Crippen LogP contribution is -2.31. The maximum Gasteiger partial charge on any atom is 0.319 e. The molecule has 2 N–H and O–H groups in total. The van der Waals surface area contributed by atoms with Crippen molar-refractivity contribution >= 4 is 23.1 Å². The largest absolute Gasteiger partial charge is 0.485 e. The SMILES string of the molecule is CC(NC(=O)Nc1cccc2c1OC(C)(C)C2)c1nccs1. The van der Waals surface area contributed by atoms with E-state index in [0.717, 1.165) is 22.7 Å². The number of hydrogen-bond acceptors (Lipinski definition) is 4. The minimum atomic E-state index is -0.260. The van der Waals surface area contributed by atoms with Crippen molar-refractivity contribution in [1.82, 2.24) is 10.3 Å². The Bertz CT molecular complexity index is 683. The van der Waals surface area contributed by atoms with Crippen LogP contribution in [-0.2, 0) is 6.42 Å². The lowest BCUT2D eigenvalue weighted by Gasteiger charge is -2.19. The van der Waals surface area contributed by atoms with Crippen LogP contribution in [0.5, 0.6) is 5.75 Å². The molecular formula is C16H19N3O2S. The van der Waals surface area contributed by atoms with E-state index in [0.29, 0.717) is 5.69 Å². The Kier molecular flexibility index (Phi) is 3.78. The van der Waals surface area contributed by atoms with E-state index in [9.17, 15) is 4.79 Å². The normalized spacial score (nSPS) is 16.5. The van der Waals surface area contributed by atoms with E-state index in [1.54, 1.807) is 6.20 Å². The van der Waals surface area contributed by atoms with Gasteiger partial charge in [-0.05, 0) is 26.8 Å². The van der Waals surface area contributed by atoms with Crippen LogP contribution in [0.25, 0.3) is 0 Å². The van der Waals surface area contributed by atoms with E-state index in [2.05, 4.69) is 15.6 Å². The van der Waals surface area contributed by atoms with Gasteiger partial charge >= 0.3 is 6.03 Å². The van der Waals surface area contributed by atoms with Crippen LogP contribution in [-0.4, -0.2) is 16.6 Å². The zero-order valence-corrected chi connectivity index (χ0v) is 13.7. The molecule has 3 rings (SSSR count). The number of carbonyl (C=O) groups is 1. The first-order valence-electron chi connectivity index (χ1n) is 7.22. The molecule has 1 aromatic heterocycles. The molecule has 5 nitrogen and oxygen atoms in total. The van der Waals surface area contributed by atoms with Gasteiger partial charge in [0.25, 0.3) is 0 Å². The number of benzene rings is 1. The van der Waals surface area contributed by atoms with E-state index in [4.69, 9.17) is 4.74 Å². The number of ether oxygens (including phenoxy) is 1. The Morgan fingerprint density at radius 1 is 1.45 bits per heavy atom. The fourth-order valence-corrected chi connectivity index (χ4v) is 3.23. The predicted molar refractivity (Wildman–Crippen MR) is 87.5 cm³/mol. The number of carbonyl (C=O) groups excluding carboxylic acids is 1. The quantitative estimate of drug-likeness (QED) is 0.906. The van der Waals surface area contributed by atoms with Gasteiger partial charge in [0.15, 0.2) is 0 Å². The minimum absolute atomic E-state index is 0.130. The maximum absolute atomic E-state index is 12.2. The third kappa shape index (κ3) is 3.06. The van der Waals surface area contributed by atoms with Crippen LogP contribution in [0, 0.1) is 0 Å². The summed E-state index contributed by atoms with van der Waals surface area (Å²) in [4.78, 5) is 16.4. The van der Waals surface area contributed by atoms with Crippen LogP contribution < -0.4 is 15.4 Å². The summed E-state index contributed by atoms with van der Waals surface area (Å²) in [6.07, 6.45) is 2.57. The molecule has 2 amide bonds. The number of hydrogen-bond donors (Lipinski definition) is 2. The molecule has 2 aromatic rings. The average Bonchev–Trinajstić information content (AvgIpc) is 3.04. The molecule has 1 aliphatic rings. The Morgan fingerprint density at radius 3 is 3.00 bits per heavy atom. The first kappa shape index (κ1) is 14.8. The molecule has 2 heterocycles. The second-order valence-corrected chi connectivity index (χ2v) is 6.95. The molecule has 0 aliphatic carbocycles. The van der Waals surface area contributed by atoms with Gasteiger partial charge in [-0.3, -0.25) is 0 Å². The molecule has 0 fully saturated rings. The van der Waals surface area contributed by atoms with Crippen LogP contribution in [0.4, 0.5) is 10.5 Å². The van der Waals surface area contributed by atoms with Gasteiger partial charge in [0, 0.05) is 23.6 Å². The summed E-state index contributed by atoms with van der Waals surface area (Å²) in [5.41, 5.74) is 1.59. The van der Waals surface area contributed by atoms with Crippen LogP contribution >= 0.6 is 11.3 Å². The van der Waals surface area contributed by atoms with Gasteiger partial charge in [0.05, 0.1) is 11.7 Å². The van der Waals surface area contributed by atoms with Crippen molar-refractivity contribution in [2.45, 2.75) is 38.8 Å². The molecule has 1 atom stereocenters. The number of fused-ring (bicyclic) bond motifs is 1. The summed E-state index contributed by atoms with van der Waals surface area (Å²) in [7, 11) is 0. The third-order valence-corrected chi connectivity index (χ3v) is 4.47. The van der Waals surface area contributed by atoms with Crippen molar-refractivity contribution in [3.05, 3.63) is 40.3 Å². The summed E-state index contributed by atoms with van der Waals surface area (Å²) in [6, 6.07) is 5.43. The monoisotopic (exact) mass is 317 g/mol. The summed E-state index contributed by atoms with van der Waals surface area (Å²) < 4.78 is 5.95. The highest BCUT2D eigenvalue weighted by Gasteiger charge is 2.32. The molecule has 0 saturated carbocycles. The first-order chi connectivity index (χ1) is 10.4. The molecule has 0 spiro atoms. The Morgan fingerprint density at radius 2 is 2.27 bits per heavy atom. The summed E-state index contributed by atoms with van der Waals surface area (Å²) >= 11 is 1.52. The number of thiazole rings is 1. The second kappa shape index (κ2) is 5.61. The number of rotatable bonds is 3. The van der Waals surface area contributed by atoms with Gasteiger partial charge in [0.1, 0.15) is 16.4 Å².